The molecule has 0 atom stereocenters. The lowest BCUT2D eigenvalue weighted by Gasteiger charge is -2.18. The van der Waals surface area contributed by atoms with Gasteiger partial charge in [-0.3, -0.25) is 0 Å². The Morgan fingerprint density at radius 2 is 0.839 bits per heavy atom. The molecule has 4 heteroatoms. The number of benzene rings is 9. The van der Waals surface area contributed by atoms with E-state index in [1.54, 1.807) is 0 Å². The van der Waals surface area contributed by atoms with Crippen LogP contribution in [0.2, 0.25) is 0 Å². The molecule has 0 aliphatic carbocycles. The standard InChI is InChI=1S/C52H30N4/c1-53-45-31-46-52(56-50(33-18-6-3-7-19-33)49(55-46)32-16-4-2-5-17-32)48-47(45)42-26-14-15-27-44(42)54-51(48)41-25-13-8-20-35(41)34-28-29-40-38-23-10-9-21-36(38)37-22-11-12-24-39(37)43(40)30-34/h2-31H. The van der Waals surface area contributed by atoms with E-state index in [4.69, 9.17) is 21.5 Å². The summed E-state index contributed by atoms with van der Waals surface area (Å²) in [4.78, 5) is 20.4. The van der Waals surface area contributed by atoms with Gasteiger partial charge >= 0.3 is 0 Å². The summed E-state index contributed by atoms with van der Waals surface area (Å²) in [5.74, 6) is 0. The van der Waals surface area contributed by atoms with E-state index in [1.807, 2.05) is 60.7 Å². The summed E-state index contributed by atoms with van der Waals surface area (Å²) in [6.45, 7) is 8.48. The first-order valence-electron chi connectivity index (χ1n) is 18.7. The van der Waals surface area contributed by atoms with Gasteiger partial charge in [0.15, 0.2) is 5.69 Å². The molecule has 0 saturated heterocycles. The van der Waals surface area contributed by atoms with Crippen molar-refractivity contribution >= 4 is 70.7 Å². The zero-order valence-corrected chi connectivity index (χ0v) is 30.1. The van der Waals surface area contributed by atoms with Gasteiger partial charge in [-0.25, -0.2) is 19.8 Å². The highest BCUT2D eigenvalue weighted by atomic mass is 14.8. The predicted octanol–water partition coefficient (Wildman–Crippen LogP) is 14.0. The molecule has 0 spiro atoms. The van der Waals surface area contributed by atoms with Crippen molar-refractivity contribution in [3.63, 3.8) is 0 Å². The summed E-state index contributed by atoms with van der Waals surface area (Å²) in [7, 11) is 0. The average molecular weight is 711 g/mol. The highest BCUT2D eigenvalue weighted by Crippen LogP contribution is 2.46. The molecule has 258 valence electrons. The van der Waals surface area contributed by atoms with Gasteiger partial charge in [-0.15, -0.1) is 0 Å². The lowest BCUT2D eigenvalue weighted by atomic mass is 9.89. The summed E-state index contributed by atoms with van der Waals surface area (Å²) in [6, 6.07) is 63.1. The lowest BCUT2D eigenvalue weighted by Crippen LogP contribution is -1.99. The molecule has 11 aromatic rings. The maximum atomic E-state index is 8.48. The molecule has 0 aliphatic rings. The molecule has 0 aliphatic heterocycles. The van der Waals surface area contributed by atoms with Gasteiger partial charge in [-0.05, 0) is 67.0 Å². The normalized spacial score (nSPS) is 11.6. The Labute approximate surface area is 322 Å². The molecule has 2 heterocycles. The van der Waals surface area contributed by atoms with Crippen LogP contribution in [0.1, 0.15) is 0 Å². The Morgan fingerprint density at radius 1 is 0.339 bits per heavy atom. The molecule has 9 aromatic carbocycles. The van der Waals surface area contributed by atoms with E-state index in [0.29, 0.717) is 16.7 Å². The molecule has 4 nitrogen and oxygen atoms in total. The van der Waals surface area contributed by atoms with E-state index in [0.717, 1.165) is 66.6 Å². The maximum Gasteiger partial charge on any atom is 0.197 e. The number of para-hydroxylation sites is 1. The van der Waals surface area contributed by atoms with Crippen LogP contribution in [-0.2, 0) is 0 Å². The molecule has 0 saturated carbocycles. The van der Waals surface area contributed by atoms with Gasteiger partial charge in [-0.1, -0.05) is 164 Å². The minimum Gasteiger partial charge on any atom is -0.247 e. The van der Waals surface area contributed by atoms with Gasteiger partial charge < -0.3 is 0 Å². The Balaban J connectivity index is 1.26. The number of rotatable bonds is 4. The Kier molecular flexibility index (Phi) is 7.20. The first-order valence-corrected chi connectivity index (χ1v) is 18.7. The summed E-state index contributed by atoms with van der Waals surface area (Å²) >= 11 is 0. The van der Waals surface area contributed by atoms with E-state index in [1.165, 1.54) is 32.3 Å². The number of nitrogens with zero attached hydrogens (tertiary/aromatic N) is 4. The van der Waals surface area contributed by atoms with E-state index >= 15 is 0 Å². The molecular formula is C52H30N4. The smallest absolute Gasteiger partial charge is 0.197 e. The molecule has 56 heavy (non-hydrogen) atoms. The molecule has 0 bridgehead atoms. The second kappa shape index (κ2) is 12.7. The van der Waals surface area contributed by atoms with Crippen LogP contribution in [-0.4, -0.2) is 15.0 Å². The van der Waals surface area contributed by atoms with Crippen LogP contribution >= 0.6 is 0 Å². The highest BCUT2D eigenvalue weighted by Gasteiger charge is 2.23. The molecule has 0 radical (unpaired) electrons. The van der Waals surface area contributed by atoms with E-state index in [9.17, 15) is 0 Å². The molecule has 0 fully saturated rings. The van der Waals surface area contributed by atoms with Gasteiger partial charge in [0, 0.05) is 27.5 Å². The minimum atomic E-state index is 0.523. The van der Waals surface area contributed by atoms with Gasteiger partial charge in [0.1, 0.15) is 0 Å². The number of aromatic nitrogens is 3. The van der Waals surface area contributed by atoms with Crippen molar-refractivity contribution in [1.29, 1.82) is 0 Å². The van der Waals surface area contributed by atoms with Gasteiger partial charge in [0.2, 0.25) is 0 Å². The Bertz CT molecular complexity index is 3390. The zero-order valence-electron chi connectivity index (χ0n) is 30.1. The third-order valence-electron chi connectivity index (χ3n) is 11.0. The van der Waals surface area contributed by atoms with Crippen LogP contribution in [0.15, 0.2) is 182 Å². The van der Waals surface area contributed by atoms with E-state index in [2.05, 4.69) is 126 Å². The van der Waals surface area contributed by atoms with Crippen molar-refractivity contribution in [3.8, 4) is 44.9 Å². The summed E-state index contributed by atoms with van der Waals surface area (Å²) in [5.41, 5.74) is 10.1. The third-order valence-corrected chi connectivity index (χ3v) is 11.0. The van der Waals surface area contributed by atoms with Crippen molar-refractivity contribution < 1.29 is 0 Å². The van der Waals surface area contributed by atoms with Crippen molar-refractivity contribution in [1.82, 2.24) is 15.0 Å². The van der Waals surface area contributed by atoms with Gasteiger partial charge in [0.05, 0.1) is 40.2 Å². The fourth-order valence-corrected chi connectivity index (χ4v) is 8.54. The SMILES string of the molecule is [C-]#[N+]c1cc2nc(-c3ccccc3)c(-c3ccccc3)nc2c2c(-c3ccccc3-c3ccc4c5ccccc5c5ccccc5c4c3)nc3ccccc3c12. The van der Waals surface area contributed by atoms with Crippen LogP contribution in [0.3, 0.4) is 0 Å². The first kappa shape index (κ1) is 31.8. The lowest BCUT2D eigenvalue weighted by molar-refractivity contribution is 1.30. The Morgan fingerprint density at radius 3 is 1.48 bits per heavy atom. The summed E-state index contributed by atoms with van der Waals surface area (Å²) in [6.07, 6.45) is 0. The van der Waals surface area contributed by atoms with Crippen LogP contribution < -0.4 is 0 Å². The third kappa shape index (κ3) is 4.89. The fraction of sp³-hybridized carbons (Fsp3) is 0. The van der Waals surface area contributed by atoms with E-state index < -0.39 is 0 Å². The van der Waals surface area contributed by atoms with Crippen LogP contribution in [0.5, 0.6) is 0 Å². The molecule has 0 unspecified atom stereocenters. The van der Waals surface area contributed by atoms with Crippen LogP contribution in [0, 0.1) is 6.57 Å². The monoisotopic (exact) mass is 710 g/mol. The van der Waals surface area contributed by atoms with Crippen LogP contribution in [0.25, 0.3) is 115 Å². The summed E-state index contributed by atoms with van der Waals surface area (Å²) in [5, 5.41) is 9.95. The first-order chi connectivity index (χ1) is 27.7. The molecule has 0 amide bonds. The van der Waals surface area contributed by atoms with Gasteiger partial charge in [0.25, 0.3) is 0 Å². The summed E-state index contributed by atoms with van der Waals surface area (Å²) < 4.78 is 0. The number of fused-ring (bicyclic) bond motifs is 11. The number of hydrogen-bond acceptors (Lipinski definition) is 3. The quantitative estimate of drug-likeness (QED) is 0.135. The van der Waals surface area contributed by atoms with Crippen molar-refractivity contribution in [3.05, 3.63) is 193 Å². The second-order valence-electron chi connectivity index (χ2n) is 14.2. The minimum absolute atomic E-state index is 0.523. The van der Waals surface area contributed by atoms with Crippen molar-refractivity contribution in [2.75, 3.05) is 0 Å². The topological polar surface area (TPSA) is 43.0 Å². The van der Waals surface area contributed by atoms with Crippen molar-refractivity contribution in [2.24, 2.45) is 0 Å². The molecule has 2 aromatic heterocycles. The second-order valence-corrected chi connectivity index (χ2v) is 14.2. The number of pyridine rings is 1. The Hall–Kier alpha value is -7.74. The van der Waals surface area contributed by atoms with E-state index in [-0.39, 0.29) is 0 Å². The van der Waals surface area contributed by atoms with Gasteiger partial charge in [-0.2, -0.15) is 0 Å². The largest absolute Gasteiger partial charge is 0.247 e. The van der Waals surface area contributed by atoms with Crippen molar-refractivity contribution in [2.45, 2.75) is 0 Å². The zero-order chi connectivity index (χ0) is 37.2. The maximum absolute atomic E-state index is 8.48. The predicted molar refractivity (Wildman–Crippen MR) is 233 cm³/mol. The van der Waals surface area contributed by atoms with Crippen LogP contribution in [0.4, 0.5) is 5.69 Å². The number of hydrogen-bond donors (Lipinski definition) is 0. The molecular weight excluding hydrogens is 681 g/mol. The highest BCUT2D eigenvalue weighted by molar-refractivity contribution is 6.27. The molecule has 11 rings (SSSR count). The molecule has 0 N–H and O–H groups in total. The fourth-order valence-electron chi connectivity index (χ4n) is 8.54. The average Bonchev–Trinajstić information content (AvgIpc) is 3.28.